The Hall–Kier alpha value is -1.85. The van der Waals surface area contributed by atoms with E-state index in [4.69, 9.17) is 11.6 Å². The summed E-state index contributed by atoms with van der Waals surface area (Å²) in [5.41, 5.74) is 2.46. The number of H-pyrrole nitrogens is 1. The van der Waals surface area contributed by atoms with E-state index >= 15 is 0 Å². The van der Waals surface area contributed by atoms with Crippen molar-refractivity contribution in [3.63, 3.8) is 0 Å². The van der Waals surface area contributed by atoms with E-state index in [1.165, 1.54) is 11.1 Å². The lowest BCUT2D eigenvalue weighted by molar-refractivity contribution is 0.224. The minimum absolute atomic E-state index is 0.115. The maximum absolute atomic E-state index is 11.7. The smallest absolute Gasteiger partial charge is 0.271 e. The molecular weight excluding hydrogens is 300 g/mol. The number of anilines is 1. The first-order valence-corrected chi connectivity index (χ1v) is 7.69. The van der Waals surface area contributed by atoms with Crippen molar-refractivity contribution in [2.75, 3.05) is 18.9 Å². The van der Waals surface area contributed by atoms with Crippen LogP contribution in [0.15, 0.2) is 29.1 Å². The minimum atomic E-state index is -0.306. The van der Waals surface area contributed by atoms with Gasteiger partial charge in [0.25, 0.3) is 5.56 Å². The highest BCUT2D eigenvalue weighted by Gasteiger charge is 2.23. The fourth-order valence-corrected chi connectivity index (χ4v) is 3.01. The van der Waals surface area contributed by atoms with Gasteiger partial charge in [0.1, 0.15) is 10.8 Å². The number of rotatable bonds is 3. The van der Waals surface area contributed by atoms with Crippen LogP contribution < -0.4 is 10.9 Å². The van der Waals surface area contributed by atoms with Crippen LogP contribution in [0, 0.1) is 6.92 Å². The molecule has 0 bridgehead atoms. The van der Waals surface area contributed by atoms with Crippen molar-refractivity contribution in [2.45, 2.75) is 25.9 Å². The second-order valence-corrected chi connectivity index (χ2v) is 6.11. The van der Waals surface area contributed by atoms with Gasteiger partial charge in [-0.15, -0.1) is 0 Å². The molecule has 0 saturated heterocycles. The molecule has 5 nitrogen and oxygen atoms in total. The van der Waals surface area contributed by atoms with Crippen molar-refractivity contribution in [3.05, 3.63) is 56.6 Å². The summed E-state index contributed by atoms with van der Waals surface area (Å²) >= 11 is 6.02. The molecule has 2 aromatic rings. The number of likely N-dealkylation sites (N-methyl/N-ethyl adjacent to an activating group) is 1. The van der Waals surface area contributed by atoms with Crippen LogP contribution in [0.1, 0.15) is 17.0 Å². The Balaban J connectivity index is 1.74. The first-order chi connectivity index (χ1) is 10.5. The minimum Gasteiger partial charge on any atom is -0.367 e. The van der Waals surface area contributed by atoms with E-state index in [1.54, 1.807) is 6.92 Å². The van der Waals surface area contributed by atoms with Gasteiger partial charge < -0.3 is 10.3 Å². The van der Waals surface area contributed by atoms with Crippen LogP contribution in [-0.4, -0.2) is 34.5 Å². The van der Waals surface area contributed by atoms with Crippen LogP contribution >= 0.6 is 11.6 Å². The fraction of sp³-hybridized carbons (Fsp3) is 0.375. The Bertz CT molecular complexity index is 743. The van der Waals surface area contributed by atoms with Gasteiger partial charge in [-0.3, -0.25) is 9.69 Å². The van der Waals surface area contributed by atoms with E-state index in [-0.39, 0.29) is 10.6 Å². The highest BCUT2D eigenvalue weighted by atomic mass is 35.5. The molecular formula is C16H19ClN4O. The summed E-state index contributed by atoms with van der Waals surface area (Å²) in [6.07, 6.45) is 0.972. The van der Waals surface area contributed by atoms with Gasteiger partial charge in [-0.25, -0.2) is 4.98 Å². The van der Waals surface area contributed by atoms with Crippen molar-refractivity contribution < 1.29 is 0 Å². The molecule has 0 aliphatic carbocycles. The molecule has 6 heteroatoms. The van der Waals surface area contributed by atoms with Crippen molar-refractivity contribution in [2.24, 2.45) is 0 Å². The molecule has 1 unspecified atom stereocenters. The number of fused-ring (bicyclic) bond motifs is 1. The fourth-order valence-electron chi connectivity index (χ4n) is 2.85. The molecule has 2 heterocycles. The lowest BCUT2D eigenvalue weighted by Crippen LogP contribution is -2.42. The monoisotopic (exact) mass is 318 g/mol. The molecule has 0 saturated carbocycles. The van der Waals surface area contributed by atoms with Gasteiger partial charge in [-0.2, -0.15) is 0 Å². The second kappa shape index (κ2) is 6.10. The van der Waals surface area contributed by atoms with Gasteiger partial charge in [-0.1, -0.05) is 35.9 Å². The normalized spacial score (nSPS) is 18.0. The molecule has 1 aromatic carbocycles. The summed E-state index contributed by atoms with van der Waals surface area (Å²) < 4.78 is 0. The Morgan fingerprint density at radius 1 is 1.41 bits per heavy atom. The van der Waals surface area contributed by atoms with E-state index < -0.39 is 0 Å². The summed E-state index contributed by atoms with van der Waals surface area (Å²) in [6.45, 7) is 3.37. The zero-order valence-corrected chi connectivity index (χ0v) is 13.4. The van der Waals surface area contributed by atoms with Gasteiger partial charge in [0.05, 0.1) is 0 Å². The molecule has 1 aromatic heterocycles. The third-order valence-corrected chi connectivity index (χ3v) is 4.45. The third kappa shape index (κ3) is 3.00. The van der Waals surface area contributed by atoms with E-state index in [0.717, 1.165) is 13.0 Å². The van der Waals surface area contributed by atoms with E-state index in [9.17, 15) is 4.79 Å². The SMILES string of the molecule is Cc1nc(NCC2Cc3ccccc3CN2C)c(Cl)c(=O)[nH]1. The first kappa shape index (κ1) is 15.1. The molecule has 0 spiro atoms. The molecule has 0 fully saturated rings. The quantitative estimate of drug-likeness (QED) is 0.911. The standard InChI is InChI=1S/C16H19ClN4O/c1-10-19-15(14(17)16(22)20-10)18-8-13-7-11-5-3-4-6-12(11)9-21(13)2/h3-6,13H,7-9H2,1-2H3,(H2,18,19,20,22). The predicted octanol–water partition coefficient (Wildman–Crippen LogP) is 2.20. The molecule has 22 heavy (non-hydrogen) atoms. The van der Waals surface area contributed by atoms with Crippen LogP contribution in [0.25, 0.3) is 0 Å². The van der Waals surface area contributed by atoms with Gasteiger partial charge in [-0.05, 0) is 31.5 Å². The molecule has 3 rings (SSSR count). The molecule has 116 valence electrons. The number of aromatic amines is 1. The number of nitrogens with one attached hydrogen (secondary N) is 2. The molecule has 0 amide bonds. The first-order valence-electron chi connectivity index (χ1n) is 7.32. The number of aryl methyl sites for hydroxylation is 1. The van der Waals surface area contributed by atoms with Gasteiger partial charge in [0.15, 0.2) is 5.82 Å². The summed E-state index contributed by atoms with van der Waals surface area (Å²) in [5, 5.41) is 3.34. The summed E-state index contributed by atoms with van der Waals surface area (Å²) in [5.74, 6) is 1.01. The van der Waals surface area contributed by atoms with E-state index in [2.05, 4.69) is 51.5 Å². The summed E-state index contributed by atoms with van der Waals surface area (Å²) in [4.78, 5) is 20.8. The maximum atomic E-state index is 11.7. The van der Waals surface area contributed by atoms with Crippen molar-refractivity contribution in [1.29, 1.82) is 0 Å². The van der Waals surface area contributed by atoms with E-state index in [1.807, 2.05) is 0 Å². The summed E-state index contributed by atoms with van der Waals surface area (Å²) in [7, 11) is 2.11. The topological polar surface area (TPSA) is 61.0 Å². The average molecular weight is 319 g/mol. The number of hydrogen-bond donors (Lipinski definition) is 2. The van der Waals surface area contributed by atoms with Gasteiger partial charge >= 0.3 is 0 Å². The molecule has 1 aliphatic rings. The Kier molecular flexibility index (Phi) is 4.18. The summed E-state index contributed by atoms with van der Waals surface area (Å²) in [6, 6.07) is 8.85. The zero-order chi connectivity index (χ0) is 15.7. The second-order valence-electron chi connectivity index (χ2n) is 5.74. The van der Waals surface area contributed by atoms with Gasteiger partial charge in [0, 0.05) is 19.1 Å². The number of benzene rings is 1. The van der Waals surface area contributed by atoms with Crippen LogP contribution in [0.5, 0.6) is 0 Å². The molecule has 0 radical (unpaired) electrons. The van der Waals surface area contributed by atoms with Crippen molar-refractivity contribution in [1.82, 2.24) is 14.9 Å². The number of hydrogen-bond acceptors (Lipinski definition) is 4. The van der Waals surface area contributed by atoms with Gasteiger partial charge in [0.2, 0.25) is 0 Å². The van der Waals surface area contributed by atoms with Crippen molar-refractivity contribution in [3.8, 4) is 0 Å². The average Bonchev–Trinajstić information content (AvgIpc) is 2.49. The Labute approximate surface area is 134 Å². The highest BCUT2D eigenvalue weighted by Crippen LogP contribution is 2.22. The zero-order valence-electron chi connectivity index (χ0n) is 12.7. The number of halogens is 1. The number of aromatic nitrogens is 2. The Morgan fingerprint density at radius 3 is 2.91 bits per heavy atom. The van der Waals surface area contributed by atoms with E-state index in [0.29, 0.717) is 24.2 Å². The lowest BCUT2D eigenvalue weighted by atomic mass is 9.94. The number of nitrogens with zero attached hydrogens (tertiary/aromatic N) is 2. The van der Waals surface area contributed by atoms with Crippen LogP contribution in [0.2, 0.25) is 5.02 Å². The molecule has 1 atom stereocenters. The van der Waals surface area contributed by atoms with Crippen LogP contribution in [0.3, 0.4) is 0 Å². The Morgan fingerprint density at radius 2 is 2.14 bits per heavy atom. The van der Waals surface area contributed by atoms with Crippen LogP contribution in [-0.2, 0) is 13.0 Å². The molecule has 1 aliphatic heterocycles. The predicted molar refractivity (Wildman–Crippen MR) is 88.5 cm³/mol. The highest BCUT2D eigenvalue weighted by molar-refractivity contribution is 6.32. The van der Waals surface area contributed by atoms with Crippen molar-refractivity contribution >= 4 is 17.4 Å². The lowest BCUT2D eigenvalue weighted by Gasteiger charge is -2.34. The largest absolute Gasteiger partial charge is 0.367 e. The molecule has 2 N–H and O–H groups in total. The van der Waals surface area contributed by atoms with Crippen LogP contribution in [0.4, 0.5) is 5.82 Å². The third-order valence-electron chi connectivity index (χ3n) is 4.10. The maximum Gasteiger partial charge on any atom is 0.271 e.